The number of aliphatic hydroxyl groups is 1. The molecule has 4 N–H and O–H groups in total. The molecule has 0 spiro atoms. The normalized spacial score (nSPS) is 26.4. The van der Waals surface area contributed by atoms with Gasteiger partial charge in [0.25, 0.3) is 11.8 Å². The van der Waals surface area contributed by atoms with Crippen LogP contribution in [0, 0.1) is 25.7 Å². The van der Waals surface area contributed by atoms with Crippen LogP contribution in [0.3, 0.4) is 0 Å². The molecular weight excluding hydrogens is 607 g/mol. The molecule has 8 rings (SSSR count). The Morgan fingerprint density at radius 3 is 1.48 bits per heavy atom. The van der Waals surface area contributed by atoms with Crippen molar-refractivity contribution in [1.29, 1.82) is 0 Å². The van der Waals surface area contributed by atoms with Crippen molar-refractivity contribution in [3.8, 4) is 0 Å². The van der Waals surface area contributed by atoms with Gasteiger partial charge in [0, 0.05) is 5.57 Å². The van der Waals surface area contributed by atoms with Gasteiger partial charge < -0.3 is 21.2 Å². The SMILES string of the molecule is CCc1cc(C2CC2)cc(C)c1C1=C(C)C(C)(C2CC2)NC1=O.CCc1cc(C2CC2)cc(C)c1C1=C(O)C(C)(C2CC2)NC1=O.[Na+].[OH-]. The number of nitrogens with one attached hydrogen (secondary N) is 2. The van der Waals surface area contributed by atoms with Gasteiger partial charge in [0.05, 0.1) is 16.7 Å². The van der Waals surface area contributed by atoms with Crippen LogP contribution in [0.2, 0.25) is 0 Å². The van der Waals surface area contributed by atoms with E-state index in [4.69, 9.17) is 0 Å². The van der Waals surface area contributed by atoms with Gasteiger partial charge >= 0.3 is 29.6 Å². The summed E-state index contributed by atoms with van der Waals surface area (Å²) in [6.07, 6.45) is 11.7. The first-order valence-corrected chi connectivity index (χ1v) is 18.0. The van der Waals surface area contributed by atoms with Crippen LogP contribution in [0.1, 0.15) is 142 Å². The summed E-state index contributed by atoms with van der Waals surface area (Å²) in [6, 6.07) is 9.15. The fraction of sp³-hybridized carbons (Fsp3) is 0.561. The Bertz CT molecular complexity index is 1580. The second-order valence-corrected chi connectivity index (χ2v) is 15.6. The molecule has 6 aliphatic rings. The Kier molecular flexibility index (Phi) is 10.3. The zero-order valence-corrected chi connectivity index (χ0v) is 32.4. The smallest absolute Gasteiger partial charge is 0.870 e. The molecule has 2 heterocycles. The number of hydrogen-bond acceptors (Lipinski definition) is 4. The van der Waals surface area contributed by atoms with Crippen molar-refractivity contribution in [3.63, 3.8) is 0 Å². The van der Waals surface area contributed by atoms with Gasteiger partial charge in [-0.15, -0.1) is 0 Å². The predicted octanol–water partition coefficient (Wildman–Crippen LogP) is 5.34. The van der Waals surface area contributed by atoms with Gasteiger partial charge in [0.2, 0.25) is 0 Å². The van der Waals surface area contributed by atoms with Gasteiger partial charge in [-0.3, -0.25) is 9.59 Å². The summed E-state index contributed by atoms with van der Waals surface area (Å²) in [6.45, 7) is 14.9. The summed E-state index contributed by atoms with van der Waals surface area (Å²) in [5, 5.41) is 17.2. The third-order valence-electron chi connectivity index (χ3n) is 12.1. The van der Waals surface area contributed by atoms with E-state index < -0.39 is 5.54 Å². The molecule has 2 unspecified atom stereocenters. The maximum atomic E-state index is 12.8. The van der Waals surface area contributed by atoms with E-state index in [1.165, 1.54) is 77.5 Å². The van der Waals surface area contributed by atoms with Gasteiger partial charge in [-0.05, 0) is 173 Å². The Hall–Kier alpha value is -2.38. The minimum absolute atomic E-state index is 0. The van der Waals surface area contributed by atoms with E-state index in [0.717, 1.165) is 48.3 Å². The number of benzene rings is 2. The van der Waals surface area contributed by atoms with Crippen LogP contribution in [0.5, 0.6) is 0 Å². The van der Waals surface area contributed by atoms with Gasteiger partial charge in [-0.1, -0.05) is 38.1 Å². The first-order valence-electron chi connectivity index (χ1n) is 18.0. The van der Waals surface area contributed by atoms with Gasteiger partial charge in [-0.25, -0.2) is 0 Å². The molecule has 4 fully saturated rings. The topological polar surface area (TPSA) is 108 Å². The van der Waals surface area contributed by atoms with Crippen LogP contribution in [-0.4, -0.2) is 33.5 Å². The summed E-state index contributed by atoms with van der Waals surface area (Å²) >= 11 is 0. The number of carbonyl (C=O) groups is 2. The average Bonchev–Trinajstić information content (AvgIpc) is 3.83. The van der Waals surface area contributed by atoms with Gasteiger partial charge in [-0.2, -0.15) is 0 Å². The average molecular weight is 661 g/mol. The number of carbonyl (C=O) groups excluding carboxylic acids is 2. The predicted molar refractivity (Wildman–Crippen MR) is 188 cm³/mol. The van der Waals surface area contributed by atoms with E-state index in [9.17, 15) is 14.7 Å². The van der Waals surface area contributed by atoms with Crippen LogP contribution in [0.25, 0.3) is 11.1 Å². The maximum absolute atomic E-state index is 12.8. The molecule has 6 nitrogen and oxygen atoms in total. The quantitative estimate of drug-likeness (QED) is 0.333. The molecule has 2 aliphatic heterocycles. The molecule has 0 radical (unpaired) electrons. The van der Waals surface area contributed by atoms with Gasteiger partial charge in [0.15, 0.2) is 0 Å². The van der Waals surface area contributed by atoms with E-state index in [0.29, 0.717) is 23.3 Å². The Balaban J connectivity index is 0.000000180. The van der Waals surface area contributed by atoms with Crippen LogP contribution in [0.4, 0.5) is 0 Å². The Labute approximate surface area is 309 Å². The molecule has 2 amide bonds. The zero-order valence-electron chi connectivity index (χ0n) is 30.4. The number of aliphatic hydroxyl groups excluding tert-OH is 1. The van der Waals surface area contributed by atoms with Crippen molar-refractivity contribution in [2.45, 2.75) is 136 Å². The fourth-order valence-electron chi connectivity index (χ4n) is 8.46. The van der Waals surface area contributed by atoms with Crippen molar-refractivity contribution in [3.05, 3.63) is 80.1 Å². The first kappa shape index (κ1) is 36.9. The third-order valence-corrected chi connectivity index (χ3v) is 12.1. The van der Waals surface area contributed by atoms with Crippen LogP contribution in [0.15, 0.2) is 35.6 Å². The van der Waals surface area contributed by atoms with E-state index in [1.54, 1.807) is 0 Å². The van der Waals surface area contributed by atoms with E-state index in [1.807, 2.05) is 6.92 Å². The molecule has 0 saturated heterocycles. The van der Waals surface area contributed by atoms with E-state index in [2.05, 4.69) is 76.4 Å². The molecule has 0 aromatic heterocycles. The number of hydrogen-bond donors (Lipinski definition) is 3. The second kappa shape index (κ2) is 13.4. The second-order valence-electron chi connectivity index (χ2n) is 15.6. The Morgan fingerprint density at radius 1 is 0.667 bits per heavy atom. The summed E-state index contributed by atoms with van der Waals surface area (Å²) in [5.74, 6) is 2.73. The van der Waals surface area contributed by atoms with Gasteiger partial charge in [0.1, 0.15) is 5.76 Å². The molecule has 2 atom stereocenters. The Morgan fingerprint density at radius 2 is 1.06 bits per heavy atom. The van der Waals surface area contributed by atoms with Crippen molar-refractivity contribution in [1.82, 2.24) is 10.6 Å². The molecule has 252 valence electrons. The summed E-state index contributed by atoms with van der Waals surface area (Å²) in [4.78, 5) is 25.5. The van der Waals surface area contributed by atoms with Crippen LogP contribution < -0.4 is 40.2 Å². The molecule has 2 aromatic rings. The molecule has 0 bridgehead atoms. The summed E-state index contributed by atoms with van der Waals surface area (Å²) in [5.41, 5.74) is 12.0. The fourth-order valence-corrected chi connectivity index (χ4v) is 8.46. The van der Waals surface area contributed by atoms with E-state index >= 15 is 0 Å². The van der Waals surface area contributed by atoms with Crippen molar-refractivity contribution >= 4 is 23.0 Å². The maximum Gasteiger partial charge on any atom is 1.00 e. The van der Waals surface area contributed by atoms with Crippen molar-refractivity contribution in [2.75, 3.05) is 0 Å². The monoisotopic (exact) mass is 660 g/mol. The molecular formula is C41H53N2NaO4. The van der Waals surface area contributed by atoms with E-state index in [-0.39, 0.29) is 58.1 Å². The standard InChI is InChI=1S/C21H27NO.C20H25NO2.Na.H2O/c1-5-14-11-16(15-6-7-15)10-12(2)18(14)19-13(3)21(4,17-8-9-17)22-20(19)23;1-4-12-10-14(13-5-6-13)9-11(2)16(12)17-18(22)20(3,15-7-8-15)21-19(17)23;;/h10-11,15,17H,5-9H2,1-4H3,(H,22,23);9-10,13,15,22H,4-8H2,1-3H3,(H,21,23);;1H2/q;;+1;/p-1. The summed E-state index contributed by atoms with van der Waals surface area (Å²) < 4.78 is 0. The summed E-state index contributed by atoms with van der Waals surface area (Å²) in [7, 11) is 0. The van der Waals surface area contributed by atoms with Crippen LogP contribution >= 0.6 is 0 Å². The number of amides is 2. The zero-order chi connectivity index (χ0) is 32.7. The molecule has 4 saturated carbocycles. The molecule has 7 heteroatoms. The van der Waals surface area contributed by atoms with Crippen LogP contribution in [-0.2, 0) is 22.4 Å². The number of aryl methyl sites for hydroxylation is 4. The molecule has 4 aliphatic carbocycles. The minimum atomic E-state index is -0.570. The van der Waals surface area contributed by atoms with Crippen molar-refractivity contribution in [2.24, 2.45) is 11.8 Å². The largest absolute Gasteiger partial charge is 1.00 e. The first-order chi connectivity index (χ1) is 21.9. The molecule has 2 aromatic carbocycles. The van der Waals surface area contributed by atoms with Crippen molar-refractivity contribution < 1.29 is 49.7 Å². The molecule has 48 heavy (non-hydrogen) atoms. The third kappa shape index (κ3) is 6.36. The minimum Gasteiger partial charge on any atom is -0.870 e. The number of rotatable bonds is 8.